The highest BCUT2D eigenvalue weighted by molar-refractivity contribution is 8.02. The number of urea groups is 1. The van der Waals surface area contributed by atoms with Gasteiger partial charge in [-0.25, -0.2) is 4.79 Å². The quantitative estimate of drug-likeness (QED) is 0.430. The molecule has 8 nitrogen and oxygen atoms in total. The molecule has 3 amide bonds. The standard InChI is InChI=1S/C13H23N5O3S2/c1-4-14-11(20)16-10(19)9(3)22-13-18-17-12(23-13)15-7-6-8-21-5-2/h9H,4-8H2,1-3H3,(H,15,17)(H2,14,16,19,20). The van der Waals surface area contributed by atoms with Gasteiger partial charge >= 0.3 is 6.03 Å². The van der Waals surface area contributed by atoms with Crippen LogP contribution < -0.4 is 16.0 Å². The van der Waals surface area contributed by atoms with Crippen molar-refractivity contribution in [1.29, 1.82) is 0 Å². The van der Waals surface area contributed by atoms with Gasteiger partial charge in [0.2, 0.25) is 11.0 Å². The Balaban J connectivity index is 2.34. The highest BCUT2D eigenvalue weighted by Gasteiger charge is 2.18. The molecule has 0 bridgehead atoms. The van der Waals surface area contributed by atoms with Crippen molar-refractivity contribution in [1.82, 2.24) is 20.8 Å². The summed E-state index contributed by atoms with van der Waals surface area (Å²) in [5, 5.41) is 16.3. The van der Waals surface area contributed by atoms with Crippen LogP contribution in [0.5, 0.6) is 0 Å². The summed E-state index contributed by atoms with van der Waals surface area (Å²) in [4.78, 5) is 23.2. The lowest BCUT2D eigenvalue weighted by Gasteiger charge is -2.09. The van der Waals surface area contributed by atoms with E-state index in [2.05, 4.69) is 26.1 Å². The van der Waals surface area contributed by atoms with Crippen molar-refractivity contribution in [3.8, 4) is 0 Å². The maximum atomic E-state index is 11.8. The number of carbonyl (C=O) groups excluding carboxylic acids is 2. The molecule has 1 aromatic heterocycles. The third kappa shape index (κ3) is 8.14. The number of amides is 3. The van der Waals surface area contributed by atoms with Crippen LogP contribution in [0.3, 0.4) is 0 Å². The molecule has 0 aliphatic carbocycles. The van der Waals surface area contributed by atoms with Gasteiger partial charge in [0.25, 0.3) is 0 Å². The fraction of sp³-hybridized carbons (Fsp3) is 0.692. The van der Waals surface area contributed by atoms with Crippen LogP contribution in [0.25, 0.3) is 0 Å². The van der Waals surface area contributed by atoms with E-state index in [1.807, 2.05) is 6.92 Å². The molecule has 0 spiro atoms. The van der Waals surface area contributed by atoms with Gasteiger partial charge in [-0.05, 0) is 27.2 Å². The molecule has 0 fully saturated rings. The van der Waals surface area contributed by atoms with E-state index in [9.17, 15) is 9.59 Å². The van der Waals surface area contributed by atoms with Gasteiger partial charge in [-0.1, -0.05) is 23.1 Å². The van der Waals surface area contributed by atoms with Crippen molar-refractivity contribution < 1.29 is 14.3 Å². The van der Waals surface area contributed by atoms with Gasteiger partial charge < -0.3 is 15.4 Å². The molecule has 0 saturated heterocycles. The lowest BCUT2D eigenvalue weighted by atomic mass is 10.4. The van der Waals surface area contributed by atoms with E-state index in [1.54, 1.807) is 13.8 Å². The molecule has 3 N–H and O–H groups in total. The molecule has 0 aliphatic rings. The number of aromatic nitrogens is 2. The van der Waals surface area contributed by atoms with Gasteiger partial charge in [-0.3, -0.25) is 10.1 Å². The number of ether oxygens (including phenoxy) is 1. The number of nitrogens with one attached hydrogen (secondary N) is 3. The summed E-state index contributed by atoms with van der Waals surface area (Å²) in [5.74, 6) is -0.359. The van der Waals surface area contributed by atoms with Crippen molar-refractivity contribution in [2.75, 3.05) is 31.6 Å². The summed E-state index contributed by atoms with van der Waals surface area (Å²) < 4.78 is 5.93. The summed E-state index contributed by atoms with van der Waals surface area (Å²) in [7, 11) is 0. The van der Waals surface area contributed by atoms with Gasteiger partial charge in [0, 0.05) is 26.3 Å². The number of hydrogen-bond acceptors (Lipinski definition) is 8. The van der Waals surface area contributed by atoms with Crippen molar-refractivity contribution >= 4 is 40.2 Å². The smallest absolute Gasteiger partial charge is 0.321 e. The molecule has 0 saturated carbocycles. The first-order chi connectivity index (χ1) is 11.1. The molecule has 0 aliphatic heterocycles. The van der Waals surface area contributed by atoms with E-state index >= 15 is 0 Å². The predicted molar refractivity (Wildman–Crippen MR) is 92.0 cm³/mol. The zero-order chi connectivity index (χ0) is 17.1. The van der Waals surface area contributed by atoms with E-state index < -0.39 is 11.3 Å². The Hall–Kier alpha value is -1.39. The van der Waals surface area contributed by atoms with Crippen molar-refractivity contribution in [3.63, 3.8) is 0 Å². The van der Waals surface area contributed by atoms with Crippen LogP contribution in [0.4, 0.5) is 9.93 Å². The second-order valence-electron chi connectivity index (χ2n) is 4.46. The predicted octanol–water partition coefficient (Wildman–Crippen LogP) is 1.70. The Kier molecular flexibility index (Phi) is 9.57. The fourth-order valence-corrected chi connectivity index (χ4v) is 3.39. The molecule has 0 radical (unpaired) electrons. The van der Waals surface area contributed by atoms with Crippen LogP contribution >= 0.6 is 23.1 Å². The Morgan fingerprint density at radius 2 is 2.13 bits per heavy atom. The number of hydrogen-bond donors (Lipinski definition) is 3. The molecule has 1 rings (SSSR count). The first-order valence-electron chi connectivity index (χ1n) is 7.47. The second-order valence-corrected chi connectivity index (χ2v) is 7.02. The second kappa shape index (κ2) is 11.2. The van der Waals surface area contributed by atoms with E-state index in [-0.39, 0.29) is 5.91 Å². The van der Waals surface area contributed by atoms with Gasteiger partial charge in [0.15, 0.2) is 4.34 Å². The molecule has 1 atom stereocenters. The summed E-state index contributed by atoms with van der Waals surface area (Å²) in [6.45, 7) is 8.12. The van der Waals surface area contributed by atoms with Gasteiger partial charge in [0.1, 0.15) is 0 Å². The number of anilines is 1. The normalized spacial score (nSPS) is 11.8. The van der Waals surface area contributed by atoms with Crippen LogP contribution in [0.2, 0.25) is 0 Å². The number of carbonyl (C=O) groups is 2. The third-order valence-corrected chi connectivity index (χ3v) is 4.64. The molecule has 1 heterocycles. The average Bonchev–Trinajstić information content (AvgIpc) is 2.94. The zero-order valence-electron chi connectivity index (χ0n) is 13.5. The highest BCUT2D eigenvalue weighted by atomic mass is 32.2. The maximum absolute atomic E-state index is 11.8. The average molecular weight is 361 g/mol. The van der Waals surface area contributed by atoms with Gasteiger partial charge in [-0.15, -0.1) is 10.2 Å². The minimum atomic E-state index is -0.487. The fourth-order valence-electron chi connectivity index (χ4n) is 1.47. The molecular weight excluding hydrogens is 338 g/mol. The molecule has 130 valence electrons. The minimum absolute atomic E-state index is 0.359. The lowest BCUT2D eigenvalue weighted by molar-refractivity contribution is -0.119. The Morgan fingerprint density at radius 1 is 1.35 bits per heavy atom. The topological polar surface area (TPSA) is 105 Å². The van der Waals surface area contributed by atoms with Crippen molar-refractivity contribution in [2.45, 2.75) is 36.8 Å². The largest absolute Gasteiger partial charge is 0.382 e. The highest BCUT2D eigenvalue weighted by Crippen LogP contribution is 2.28. The van der Waals surface area contributed by atoms with Crippen LogP contribution in [0.15, 0.2) is 4.34 Å². The minimum Gasteiger partial charge on any atom is -0.382 e. The summed E-state index contributed by atoms with van der Waals surface area (Å²) >= 11 is 2.65. The Bertz CT molecular complexity index is 498. The molecular formula is C13H23N5O3S2. The number of imide groups is 1. The maximum Gasteiger partial charge on any atom is 0.321 e. The van der Waals surface area contributed by atoms with Crippen LogP contribution in [-0.2, 0) is 9.53 Å². The number of rotatable bonds is 10. The lowest BCUT2D eigenvalue weighted by Crippen LogP contribution is -2.42. The summed E-state index contributed by atoms with van der Waals surface area (Å²) in [5.41, 5.74) is 0. The zero-order valence-corrected chi connectivity index (χ0v) is 15.2. The summed E-state index contributed by atoms with van der Waals surface area (Å²) in [6, 6.07) is -0.487. The number of nitrogens with zero attached hydrogens (tertiary/aromatic N) is 2. The first-order valence-corrected chi connectivity index (χ1v) is 9.16. The molecule has 10 heteroatoms. The van der Waals surface area contributed by atoms with Crippen molar-refractivity contribution in [2.24, 2.45) is 0 Å². The Labute approximate surface area is 144 Å². The third-order valence-electron chi connectivity index (χ3n) is 2.57. The first kappa shape index (κ1) is 19.7. The van der Waals surface area contributed by atoms with Crippen LogP contribution in [0, 0.1) is 0 Å². The Morgan fingerprint density at radius 3 is 2.83 bits per heavy atom. The van der Waals surface area contributed by atoms with E-state index in [4.69, 9.17) is 4.74 Å². The number of thioether (sulfide) groups is 1. The van der Waals surface area contributed by atoms with E-state index in [0.29, 0.717) is 22.6 Å². The molecule has 1 aromatic rings. The van der Waals surface area contributed by atoms with E-state index in [1.165, 1.54) is 23.1 Å². The molecule has 1 unspecified atom stereocenters. The van der Waals surface area contributed by atoms with Crippen LogP contribution in [-0.4, -0.2) is 53.7 Å². The van der Waals surface area contributed by atoms with Gasteiger partial charge in [-0.2, -0.15) is 0 Å². The SMILES string of the molecule is CCNC(=O)NC(=O)C(C)Sc1nnc(NCCCOCC)s1. The van der Waals surface area contributed by atoms with E-state index in [0.717, 1.165) is 19.6 Å². The van der Waals surface area contributed by atoms with Crippen molar-refractivity contribution in [3.05, 3.63) is 0 Å². The monoisotopic (exact) mass is 361 g/mol. The van der Waals surface area contributed by atoms with Gasteiger partial charge in [0.05, 0.1) is 5.25 Å². The molecule has 23 heavy (non-hydrogen) atoms. The van der Waals surface area contributed by atoms with Crippen LogP contribution in [0.1, 0.15) is 27.2 Å². The molecule has 0 aromatic carbocycles. The summed E-state index contributed by atoms with van der Waals surface area (Å²) in [6.07, 6.45) is 0.890.